The average Bonchev–Trinajstić information content (AvgIpc) is 3.00. The van der Waals surface area contributed by atoms with Crippen molar-refractivity contribution in [2.45, 2.75) is 19.6 Å². The number of rotatable bonds is 7. The van der Waals surface area contributed by atoms with Gasteiger partial charge in [-0.1, -0.05) is 6.07 Å². The van der Waals surface area contributed by atoms with Crippen molar-refractivity contribution in [3.63, 3.8) is 0 Å². The summed E-state index contributed by atoms with van der Waals surface area (Å²) in [5, 5.41) is 12.1. The van der Waals surface area contributed by atoms with Crippen LogP contribution in [0.4, 0.5) is 0 Å². The molecular weight excluding hydrogens is 350 g/mol. The highest BCUT2D eigenvalue weighted by Gasteiger charge is 2.23. The Hall–Kier alpha value is -3.39. The second kappa shape index (κ2) is 7.88. The number of nitrogens with one attached hydrogen (secondary N) is 1. The number of carbonyl (C=O) groups is 2. The van der Waals surface area contributed by atoms with E-state index >= 15 is 0 Å². The Balaban J connectivity index is 1.86. The first-order valence-electron chi connectivity index (χ1n) is 8.26. The van der Waals surface area contributed by atoms with E-state index in [2.05, 4.69) is 10.3 Å². The van der Waals surface area contributed by atoms with Crippen LogP contribution in [0.3, 0.4) is 0 Å². The van der Waals surface area contributed by atoms with Crippen LogP contribution >= 0.6 is 0 Å². The van der Waals surface area contributed by atoms with E-state index in [1.807, 2.05) is 18.2 Å². The van der Waals surface area contributed by atoms with E-state index in [-0.39, 0.29) is 12.2 Å². The highest BCUT2D eigenvalue weighted by atomic mass is 16.5. The van der Waals surface area contributed by atoms with Crippen LogP contribution in [0.1, 0.15) is 21.8 Å². The molecule has 1 atom stereocenters. The molecule has 0 aliphatic heterocycles. The average molecular weight is 369 g/mol. The Morgan fingerprint density at radius 1 is 1.33 bits per heavy atom. The number of nitrogens with zero attached hydrogens (tertiary/aromatic N) is 1. The number of pyridine rings is 1. The van der Waals surface area contributed by atoms with Gasteiger partial charge in [0.05, 0.1) is 17.9 Å². The maximum Gasteiger partial charge on any atom is 0.256 e. The third-order valence-electron chi connectivity index (χ3n) is 4.01. The molecule has 27 heavy (non-hydrogen) atoms. The van der Waals surface area contributed by atoms with Gasteiger partial charge in [-0.05, 0) is 37.3 Å². The van der Waals surface area contributed by atoms with Crippen LogP contribution in [0.25, 0.3) is 11.0 Å². The number of aryl methyl sites for hydroxylation is 1. The normalized spacial score (nSPS) is 11.9. The van der Waals surface area contributed by atoms with Gasteiger partial charge in [-0.2, -0.15) is 0 Å². The minimum atomic E-state index is -1.18. The Morgan fingerprint density at radius 3 is 2.81 bits per heavy atom. The fourth-order valence-electron chi connectivity index (χ4n) is 2.65. The molecule has 2 amide bonds. The first-order valence-corrected chi connectivity index (χ1v) is 8.26. The van der Waals surface area contributed by atoms with Gasteiger partial charge in [0.2, 0.25) is 5.91 Å². The van der Waals surface area contributed by atoms with Crippen molar-refractivity contribution in [2.75, 3.05) is 6.61 Å². The number of ether oxygens (including phenoxy) is 1. The fraction of sp³-hybridized carbons (Fsp3) is 0.211. The van der Waals surface area contributed by atoms with Gasteiger partial charge < -0.3 is 25.3 Å². The maximum atomic E-state index is 12.6. The smallest absolute Gasteiger partial charge is 0.256 e. The number of hydrogen-bond donors (Lipinski definition) is 3. The molecule has 140 valence electrons. The van der Waals surface area contributed by atoms with Gasteiger partial charge in [0.25, 0.3) is 5.91 Å². The van der Waals surface area contributed by atoms with Gasteiger partial charge >= 0.3 is 0 Å². The zero-order valence-corrected chi connectivity index (χ0v) is 14.6. The number of amides is 2. The van der Waals surface area contributed by atoms with E-state index in [0.29, 0.717) is 22.5 Å². The van der Waals surface area contributed by atoms with Crippen LogP contribution in [-0.2, 0) is 11.4 Å². The largest absolute Gasteiger partial charge is 0.487 e. The second-order valence-corrected chi connectivity index (χ2v) is 5.91. The Kier molecular flexibility index (Phi) is 5.37. The van der Waals surface area contributed by atoms with Crippen molar-refractivity contribution in [3.8, 4) is 5.75 Å². The first kappa shape index (κ1) is 18.4. The van der Waals surface area contributed by atoms with Crippen molar-refractivity contribution in [3.05, 3.63) is 59.6 Å². The zero-order chi connectivity index (χ0) is 19.4. The highest BCUT2D eigenvalue weighted by molar-refractivity contribution is 6.08. The summed E-state index contributed by atoms with van der Waals surface area (Å²) >= 11 is 0. The number of hydrogen-bond acceptors (Lipinski definition) is 6. The molecule has 3 rings (SSSR count). The first-order chi connectivity index (χ1) is 13.0. The molecule has 0 fully saturated rings. The molecular formula is C19H19N3O5. The third-order valence-corrected chi connectivity index (χ3v) is 4.01. The van der Waals surface area contributed by atoms with Crippen LogP contribution in [0.15, 0.2) is 47.0 Å². The number of aliphatic hydroxyl groups is 1. The number of furan rings is 1. The number of aromatic nitrogens is 1. The van der Waals surface area contributed by atoms with Gasteiger partial charge in [-0.15, -0.1) is 0 Å². The lowest BCUT2D eigenvalue weighted by atomic mass is 10.1. The number of nitrogens with two attached hydrogens (primary N) is 1. The van der Waals surface area contributed by atoms with E-state index < -0.39 is 24.5 Å². The van der Waals surface area contributed by atoms with Crippen molar-refractivity contribution >= 4 is 22.8 Å². The summed E-state index contributed by atoms with van der Waals surface area (Å²) in [6, 6.07) is 9.47. The van der Waals surface area contributed by atoms with Crippen molar-refractivity contribution < 1.29 is 23.8 Å². The van der Waals surface area contributed by atoms with E-state index in [0.717, 1.165) is 5.69 Å². The molecule has 0 spiro atoms. The molecule has 3 aromatic rings. The molecule has 4 N–H and O–H groups in total. The lowest BCUT2D eigenvalue weighted by Gasteiger charge is -2.12. The monoisotopic (exact) mass is 369 g/mol. The van der Waals surface area contributed by atoms with Crippen molar-refractivity contribution in [1.82, 2.24) is 10.3 Å². The maximum absolute atomic E-state index is 12.6. The summed E-state index contributed by atoms with van der Waals surface area (Å²) in [7, 11) is 0. The topological polar surface area (TPSA) is 128 Å². The standard InChI is InChI=1S/C19H19N3O5/c1-11-17(19(25)22-15(9-23)18(20)24)14-8-13(5-6-16(14)27-11)26-10-12-4-2-3-7-21-12/h2-8,15,23H,9-10H2,1H3,(H2,20,24)(H,22,25)/t15-/m0/s1. The molecule has 0 aliphatic carbocycles. The zero-order valence-electron chi connectivity index (χ0n) is 14.6. The van der Waals surface area contributed by atoms with Crippen LogP contribution in [0.2, 0.25) is 0 Å². The molecule has 2 aromatic heterocycles. The molecule has 2 heterocycles. The van der Waals surface area contributed by atoms with E-state index in [9.17, 15) is 14.7 Å². The van der Waals surface area contributed by atoms with Gasteiger partial charge in [0.1, 0.15) is 29.7 Å². The Morgan fingerprint density at radius 2 is 2.15 bits per heavy atom. The third kappa shape index (κ3) is 4.06. The van der Waals surface area contributed by atoms with Crippen LogP contribution in [0.5, 0.6) is 5.75 Å². The van der Waals surface area contributed by atoms with Crippen LogP contribution in [0, 0.1) is 6.92 Å². The number of primary amides is 1. The summed E-state index contributed by atoms with van der Waals surface area (Å²) in [5.41, 5.74) is 6.68. The van der Waals surface area contributed by atoms with Gasteiger partial charge in [0, 0.05) is 11.6 Å². The minimum Gasteiger partial charge on any atom is -0.487 e. The van der Waals surface area contributed by atoms with Crippen molar-refractivity contribution in [2.24, 2.45) is 5.73 Å². The molecule has 0 unspecified atom stereocenters. The molecule has 0 radical (unpaired) electrons. The molecule has 8 heteroatoms. The summed E-state index contributed by atoms with van der Waals surface area (Å²) in [5.74, 6) is -0.469. The summed E-state index contributed by atoms with van der Waals surface area (Å²) in [6.45, 7) is 1.33. The molecule has 0 saturated carbocycles. The number of benzene rings is 1. The quantitative estimate of drug-likeness (QED) is 0.576. The Bertz CT molecular complexity index is 968. The van der Waals surface area contributed by atoms with Gasteiger partial charge in [-0.3, -0.25) is 14.6 Å². The Labute approximate surface area is 154 Å². The highest BCUT2D eigenvalue weighted by Crippen LogP contribution is 2.29. The lowest BCUT2D eigenvalue weighted by Crippen LogP contribution is -2.46. The molecule has 0 saturated heterocycles. The summed E-state index contributed by atoms with van der Waals surface area (Å²) in [6.07, 6.45) is 1.68. The molecule has 0 bridgehead atoms. The number of fused-ring (bicyclic) bond motifs is 1. The van der Waals surface area contributed by atoms with E-state index in [1.54, 1.807) is 31.3 Å². The SMILES string of the molecule is Cc1oc2ccc(OCc3ccccn3)cc2c1C(=O)N[C@@H](CO)C(N)=O. The van der Waals surface area contributed by atoms with Gasteiger partial charge in [0.15, 0.2) is 0 Å². The predicted octanol–water partition coefficient (Wildman–Crippen LogP) is 1.29. The summed E-state index contributed by atoms with van der Waals surface area (Å²) < 4.78 is 11.3. The molecule has 8 nitrogen and oxygen atoms in total. The predicted molar refractivity (Wildman–Crippen MR) is 97.1 cm³/mol. The minimum absolute atomic E-state index is 0.257. The molecule has 0 aliphatic rings. The molecule has 1 aromatic carbocycles. The fourth-order valence-corrected chi connectivity index (χ4v) is 2.65. The van der Waals surface area contributed by atoms with Crippen LogP contribution < -0.4 is 15.8 Å². The number of carbonyl (C=O) groups excluding carboxylic acids is 2. The van der Waals surface area contributed by atoms with E-state index in [4.69, 9.17) is 14.9 Å². The lowest BCUT2D eigenvalue weighted by molar-refractivity contribution is -0.120. The van der Waals surface area contributed by atoms with E-state index in [1.165, 1.54) is 0 Å². The summed E-state index contributed by atoms with van der Waals surface area (Å²) in [4.78, 5) is 28.0. The van der Waals surface area contributed by atoms with Crippen LogP contribution in [-0.4, -0.2) is 34.6 Å². The number of aliphatic hydroxyl groups excluding tert-OH is 1. The van der Waals surface area contributed by atoms with Gasteiger partial charge in [-0.25, -0.2) is 0 Å². The second-order valence-electron chi connectivity index (χ2n) is 5.91. The van der Waals surface area contributed by atoms with Crippen molar-refractivity contribution in [1.29, 1.82) is 0 Å².